The van der Waals surface area contributed by atoms with Crippen LogP contribution in [-0.2, 0) is 0 Å². The van der Waals surface area contributed by atoms with E-state index in [1.807, 2.05) is 24.3 Å². The van der Waals surface area contributed by atoms with E-state index in [9.17, 15) is 0 Å². The third kappa shape index (κ3) is 2.72. The molecule has 1 aromatic carbocycles. The quantitative estimate of drug-likeness (QED) is 0.675. The molecule has 3 nitrogen and oxygen atoms in total. The molecule has 18 heavy (non-hydrogen) atoms. The lowest BCUT2D eigenvalue weighted by Crippen LogP contribution is -2.18. The lowest BCUT2D eigenvalue weighted by Gasteiger charge is -2.16. The van der Waals surface area contributed by atoms with Gasteiger partial charge in [0.25, 0.3) is 0 Å². The second-order valence-corrected chi connectivity index (χ2v) is 4.35. The molecule has 2 rings (SSSR count). The molecular weight excluding hydrogens is 246 g/mol. The summed E-state index contributed by atoms with van der Waals surface area (Å²) >= 11 is 5.92. The van der Waals surface area contributed by atoms with Gasteiger partial charge in [0.1, 0.15) is 5.82 Å². The molecule has 1 heterocycles. The molecule has 0 aliphatic carbocycles. The Morgan fingerprint density at radius 2 is 2.17 bits per heavy atom. The first kappa shape index (κ1) is 12.7. The number of aromatic nitrogens is 2. The molecule has 0 bridgehead atoms. The molecule has 0 saturated heterocycles. The fourth-order valence-electron chi connectivity index (χ4n) is 1.79. The topological polar surface area (TPSA) is 37.8 Å². The molecule has 0 aliphatic rings. The van der Waals surface area contributed by atoms with E-state index in [0.29, 0.717) is 6.42 Å². The predicted molar refractivity (Wildman–Crippen MR) is 75.7 cm³/mol. The van der Waals surface area contributed by atoms with Crippen LogP contribution in [0.25, 0.3) is 10.9 Å². The average molecular weight is 260 g/mol. The van der Waals surface area contributed by atoms with Gasteiger partial charge < -0.3 is 5.32 Å². The van der Waals surface area contributed by atoms with Crippen LogP contribution in [0.2, 0.25) is 5.28 Å². The standard InChI is InChI=1S/C14H14ClN3/c1-3-7-10(4-2)16-13-11-8-5-6-9-12(11)17-14(15)18-13/h1,5-6,8-10H,4,7H2,2H3,(H,16,17,18). The lowest BCUT2D eigenvalue weighted by molar-refractivity contribution is 0.712. The molecule has 2 aromatic rings. The first-order chi connectivity index (χ1) is 8.74. The van der Waals surface area contributed by atoms with E-state index in [-0.39, 0.29) is 11.3 Å². The smallest absolute Gasteiger partial charge is 0.224 e. The summed E-state index contributed by atoms with van der Waals surface area (Å²) in [6.07, 6.45) is 6.94. The number of benzene rings is 1. The number of fused-ring (bicyclic) bond motifs is 1. The van der Waals surface area contributed by atoms with E-state index in [1.165, 1.54) is 0 Å². The van der Waals surface area contributed by atoms with Crippen LogP contribution in [0.3, 0.4) is 0 Å². The minimum Gasteiger partial charge on any atom is -0.366 e. The van der Waals surface area contributed by atoms with E-state index in [1.54, 1.807) is 0 Å². The fraction of sp³-hybridized carbons (Fsp3) is 0.286. The minimum absolute atomic E-state index is 0.198. The highest BCUT2D eigenvalue weighted by Crippen LogP contribution is 2.23. The molecular formula is C14H14ClN3. The van der Waals surface area contributed by atoms with Gasteiger partial charge in [-0.05, 0) is 30.2 Å². The molecule has 0 saturated carbocycles. The second-order valence-electron chi connectivity index (χ2n) is 4.02. The van der Waals surface area contributed by atoms with Gasteiger partial charge in [-0.25, -0.2) is 9.97 Å². The van der Waals surface area contributed by atoms with Crippen LogP contribution in [-0.4, -0.2) is 16.0 Å². The summed E-state index contributed by atoms with van der Waals surface area (Å²) in [6, 6.07) is 7.96. The normalized spacial score (nSPS) is 12.1. The second kappa shape index (κ2) is 5.70. The summed E-state index contributed by atoms with van der Waals surface area (Å²) in [4.78, 5) is 8.44. The minimum atomic E-state index is 0.198. The van der Waals surface area contributed by atoms with Gasteiger partial charge in [0.05, 0.1) is 5.52 Å². The van der Waals surface area contributed by atoms with Crippen molar-refractivity contribution in [3.8, 4) is 12.3 Å². The Balaban J connectivity index is 2.40. The van der Waals surface area contributed by atoms with E-state index < -0.39 is 0 Å². The Labute approximate surface area is 112 Å². The monoisotopic (exact) mass is 259 g/mol. The SMILES string of the molecule is C#CCC(CC)Nc1nc(Cl)nc2ccccc12. The Morgan fingerprint density at radius 3 is 2.89 bits per heavy atom. The van der Waals surface area contributed by atoms with Crippen molar-refractivity contribution < 1.29 is 0 Å². The molecule has 0 radical (unpaired) electrons. The molecule has 0 fully saturated rings. The molecule has 92 valence electrons. The van der Waals surface area contributed by atoms with Gasteiger partial charge in [0.15, 0.2) is 0 Å². The van der Waals surface area contributed by atoms with Crippen molar-refractivity contribution in [1.29, 1.82) is 0 Å². The first-order valence-corrected chi connectivity index (χ1v) is 6.24. The van der Waals surface area contributed by atoms with Crippen molar-refractivity contribution in [3.05, 3.63) is 29.5 Å². The summed E-state index contributed by atoms with van der Waals surface area (Å²) in [5, 5.41) is 4.53. The zero-order chi connectivity index (χ0) is 13.0. The molecule has 1 N–H and O–H groups in total. The first-order valence-electron chi connectivity index (χ1n) is 5.87. The Hall–Kier alpha value is -1.79. The summed E-state index contributed by atoms with van der Waals surface area (Å²) in [7, 11) is 0. The number of hydrogen-bond donors (Lipinski definition) is 1. The van der Waals surface area contributed by atoms with Gasteiger partial charge >= 0.3 is 0 Å². The Bertz CT molecular complexity index is 589. The Kier molecular flexibility index (Phi) is 4.01. The van der Waals surface area contributed by atoms with Crippen molar-refractivity contribution in [2.75, 3.05) is 5.32 Å². The zero-order valence-electron chi connectivity index (χ0n) is 10.2. The van der Waals surface area contributed by atoms with Gasteiger partial charge in [-0.1, -0.05) is 19.1 Å². The predicted octanol–water partition coefficient (Wildman–Crippen LogP) is 3.50. The summed E-state index contributed by atoms with van der Waals surface area (Å²) in [5.74, 6) is 3.41. The molecule has 0 aliphatic heterocycles. The molecule has 0 spiro atoms. The summed E-state index contributed by atoms with van der Waals surface area (Å²) in [6.45, 7) is 2.08. The van der Waals surface area contributed by atoms with Crippen molar-refractivity contribution in [1.82, 2.24) is 9.97 Å². The highest BCUT2D eigenvalue weighted by atomic mass is 35.5. The summed E-state index contributed by atoms with van der Waals surface area (Å²) < 4.78 is 0. The zero-order valence-corrected chi connectivity index (χ0v) is 10.9. The molecule has 1 aromatic heterocycles. The van der Waals surface area contributed by atoms with Crippen LogP contribution in [0.15, 0.2) is 24.3 Å². The number of terminal acetylenes is 1. The fourth-order valence-corrected chi connectivity index (χ4v) is 1.97. The number of nitrogens with zero attached hydrogens (tertiary/aromatic N) is 2. The van der Waals surface area contributed by atoms with Crippen molar-refractivity contribution in [2.24, 2.45) is 0 Å². The molecule has 1 unspecified atom stereocenters. The van der Waals surface area contributed by atoms with Crippen LogP contribution in [0.4, 0.5) is 5.82 Å². The number of anilines is 1. The van der Waals surface area contributed by atoms with Crippen molar-refractivity contribution in [3.63, 3.8) is 0 Å². The molecule has 4 heteroatoms. The number of para-hydroxylation sites is 1. The molecule has 1 atom stereocenters. The maximum absolute atomic E-state index is 5.92. The van der Waals surface area contributed by atoms with Crippen LogP contribution in [0.1, 0.15) is 19.8 Å². The number of rotatable bonds is 4. The lowest BCUT2D eigenvalue weighted by atomic mass is 10.1. The summed E-state index contributed by atoms with van der Waals surface area (Å²) in [5.41, 5.74) is 0.829. The third-order valence-corrected chi connectivity index (χ3v) is 2.94. The van der Waals surface area contributed by atoms with Gasteiger partial charge in [-0.15, -0.1) is 12.3 Å². The highest BCUT2D eigenvalue weighted by Gasteiger charge is 2.10. The van der Waals surface area contributed by atoms with Crippen molar-refractivity contribution >= 4 is 28.3 Å². The van der Waals surface area contributed by atoms with Crippen LogP contribution in [0.5, 0.6) is 0 Å². The van der Waals surface area contributed by atoms with E-state index >= 15 is 0 Å². The maximum atomic E-state index is 5.92. The van der Waals surface area contributed by atoms with Crippen LogP contribution >= 0.6 is 11.6 Å². The van der Waals surface area contributed by atoms with Gasteiger partial charge in [-0.3, -0.25) is 0 Å². The van der Waals surface area contributed by atoms with E-state index in [4.69, 9.17) is 18.0 Å². The highest BCUT2D eigenvalue weighted by molar-refractivity contribution is 6.28. The third-order valence-electron chi connectivity index (χ3n) is 2.77. The van der Waals surface area contributed by atoms with Gasteiger partial charge in [0.2, 0.25) is 5.28 Å². The van der Waals surface area contributed by atoms with Crippen LogP contribution < -0.4 is 5.32 Å². The van der Waals surface area contributed by atoms with Crippen molar-refractivity contribution in [2.45, 2.75) is 25.8 Å². The largest absolute Gasteiger partial charge is 0.366 e. The van der Waals surface area contributed by atoms with Gasteiger partial charge in [-0.2, -0.15) is 0 Å². The number of nitrogens with one attached hydrogen (secondary N) is 1. The average Bonchev–Trinajstić information content (AvgIpc) is 2.38. The van der Waals surface area contributed by atoms with E-state index in [0.717, 1.165) is 23.1 Å². The van der Waals surface area contributed by atoms with Gasteiger partial charge in [0, 0.05) is 17.8 Å². The number of halogens is 1. The van der Waals surface area contributed by atoms with Crippen LogP contribution in [0, 0.1) is 12.3 Å². The maximum Gasteiger partial charge on any atom is 0.224 e. The van der Waals surface area contributed by atoms with E-state index in [2.05, 4.69) is 28.1 Å². The number of hydrogen-bond acceptors (Lipinski definition) is 3. The Morgan fingerprint density at radius 1 is 1.39 bits per heavy atom. The molecule has 0 amide bonds.